The van der Waals surface area contributed by atoms with Gasteiger partial charge < -0.3 is 23.7 Å². The highest BCUT2D eigenvalue weighted by Crippen LogP contribution is 2.14. The van der Waals surface area contributed by atoms with Crippen LogP contribution in [-0.4, -0.2) is 64.8 Å². The second kappa shape index (κ2) is 27.4. The van der Waals surface area contributed by atoms with Crippen molar-refractivity contribution in [3.05, 3.63) is 0 Å². The lowest BCUT2D eigenvalue weighted by Crippen LogP contribution is -2.20. The van der Waals surface area contributed by atoms with Crippen LogP contribution in [0.25, 0.3) is 0 Å². The standard InChI is InChI=1S/C28H54O7/c1-4-7-9-10-11-12-13-14-15-17-27(29)34-24-22-32-20-18-31-19-21-33-23-25-35-28(30)26(6-3)16-8-5-2/h26H,4-25H2,1-3H3. The molecule has 1 atom stereocenters. The second-order valence-electron chi connectivity index (χ2n) is 9.05. The summed E-state index contributed by atoms with van der Waals surface area (Å²) in [6.07, 6.45) is 15.5. The van der Waals surface area contributed by atoms with E-state index in [0.29, 0.717) is 46.1 Å². The first-order valence-corrected chi connectivity index (χ1v) is 14.2. The Morgan fingerprint density at radius 1 is 0.543 bits per heavy atom. The molecule has 0 heterocycles. The van der Waals surface area contributed by atoms with E-state index in [2.05, 4.69) is 13.8 Å². The molecule has 0 aromatic rings. The van der Waals surface area contributed by atoms with Crippen LogP contribution in [0.1, 0.15) is 111 Å². The number of hydrogen-bond acceptors (Lipinski definition) is 7. The van der Waals surface area contributed by atoms with Crippen molar-refractivity contribution in [3.8, 4) is 0 Å². The van der Waals surface area contributed by atoms with Gasteiger partial charge in [-0.3, -0.25) is 9.59 Å². The molecule has 0 bridgehead atoms. The van der Waals surface area contributed by atoms with Crippen LogP contribution in [0.4, 0.5) is 0 Å². The van der Waals surface area contributed by atoms with E-state index in [1.54, 1.807) is 0 Å². The third kappa shape index (κ3) is 24.3. The van der Waals surface area contributed by atoms with Crippen LogP contribution in [0.15, 0.2) is 0 Å². The fraction of sp³-hybridized carbons (Fsp3) is 0.929. The van der Waals surface area contributed by atoms with Crippen LogP contribution in [-0.2, 0) is 33.3 Å². The lowest BCUT2D eigenvalue weighted by Gasteiger charge is -2.13. The third-order valence-electron chi connectivity index (χ3n) is 5.92. The van der Waals surface area contributed by atoms with E-state index in [0.717, 1.165) is 38.5 Å². The molecule has 0 aromatic heterocycles. The van der Waals surface area contributed by atoms with Gasteiger partial charge in [0.2, 0.25) is 0 Å². The lowest BCUT2D eigenvalue weighted by molar-refractivity contribution is -0.150. The summed E-state index contributed by atoms with van der Waals surface area (Å²) >= 11 is 0. The molecule has 0 rings (SSSR count). The summed E-state index contributed by atoms with van der Waals surface area (Å²) in [7, 11) is 0. The fourth-order valence-corrected chi connectivity index (χ4v) is 3.67. The van der Waals surface area contributed by atoms with E-state index in [1.807, 2.05) is 6.92 Å². The number of rotatable bonds is 27. The van der Waals surface area contributed by atoms with E-state index >= 15 is 0 Å². The normalized spacial score (nSPS) is 12.0. The van der Waals surface area contributed by atoms with Crippen LogP contribution in [0.5, 0.6) is 0 Å². The van der Waals surface area contributed by atoms with Crippen LogP contribution >= 0.6 is 0 Å². The number of hydrogen-bond donors (Lipinski definition) is 0. The van der Waals surface area contributed by atoms with Crippen LogP contribution in [0.3, 0.4) is 0 Å². The largest absolute Gasteiger partial charge is 0.463 e. The number of ether oxygens (including phenoxy) is 5. The zero-order chi connectivity index (χ0) is 25.8. The molecular formula is C28H54O7. The molecule has 0 spiro atoms. The Morgan fingerprint density at radius 2 is 1.00 bits per heavy atom. The number of esters is 2. The summed E-state index contributed by atoms with van der Waals surface area (Å²) in [6, 6.07) is 0. The van der Waals surface area contributed by atoms with E-state index in [1.165, 1.54) is 44.9 Å². The van der Waals surface area contributed by atoms with Crippen molar-refractivity contribution in [2.24, 2.45) is 5.92 Å². The first-order chi connectivity index (χ1) is 17.2. The van der Waals surface area contributed by atoms with E-state index in [4.69, 9.17) is 23.7 Å². The van der Waals surface area contributed by atoms with Crippen LogP contribution < -0.4 is 0 Å². The topological polar surface area (TPSA) is 80.3 Å². The maximum absolute atomic E-state index is 12.0. The lowest BCUT2D eigenvalue weighted by atomic mass is 10.00. The highest BCUT2D eigenvalue weighted by molar-refractivity contribution is 5.72. The molecule has 35 heavy (non-hydrogen) atoms. The molecule has 7 heteroatoms. The highest BCUT2D eigenvalue weighted by atomic mass is 16.6. The molecule has 208 valence electrons. The van der Waals surface area contributed by atoms with Crippen molar-refractivity contribution >= 4 is 11.9 Å². The maximum atomic E-state index is 12.0. The minimum Gasteiger partial charge on any atom is -0.463 e. The SMILES string of the molecule is CCCCCCCCCCCC(=O)OCCOCCOCCOCCOC(=O)C(CC)CCCC. The average Bonchev–Trinajstić information content (AvgIpc) is 2.86. The maximum Gasteiger partial charge on any atom is 0.308 e. The molecule has 0 saturated heterocycles. The Labute approximate surface area is 214 Å². The minimum atomic E-state index is -0.137. The minimum absolute atomic E-state index is 0.00141. The van der Waals surface area contributed by atoms with Gasteiger partial charge in [-0.15, -0.1) is 0 Å². The van der Waals surface area contributed by atoms with Crippen molar-refractivity contribution in [1.82, 2.24) is 0 Å². The molecule has 1 unspecified atom stereocenters. The summed E-state index contributed by atoms with van der Waals surface area (Å²) < 4.78 is 26.7. The predicted octanol–water partition coefficient (Wildman–Crippen LogP) is 6.26. The molecule has 0 aliphatic carbocycles. The van der Waals surface area contributed by atoms with Crippen molar-refractivity contribution in [3.63, 3.8) is 0 Å². The zero-order valence-electron chi connectivity index (χ0n) is 23.0. The predicted molar refractivity (Wildman–Crippen MR) is 140 cm³/mol. The van der Waals surface area contributed by atoms with Gasteiger partial charge in [-0.1, -0.05) is 85.0 Å². The van der Waals surface area contributed by atoms with Crippen molar-refractivity contribution in [1.29, 1.82) is 0 Å². The highest BCUT2D eigenvalue weighted by Gasteiger charge is 2.16. The van der Waals surface area contributed by atoms with Gasteiger partial charge >= 0.3 is 11.9 Å². The fourth-order valence-electron chi connectivity index (χ4n) is 3.67. The van der Waals surface area contributed by atoms with Crippen molar-refractivity contribution in [2.45, 2.75) is 111 Å². The molecule has 0 aliphatic rings. The smallest absolute Gasteiger partial charge is 0.308 e. The van der Waals surface area contributed by atoms with Gasteiger partial charge in [0.25, 0.3) is 0 Å². The van der Waals surface area contributed by atoms with E-state index < -0.39 is 0 Å². The molecule has 0 aromatic carbocycles. The average molecular weight is 503 g/mol. The van der Waals surface area contributed by atoms with Gasteiger partial charge in [0.1, 0.15) is 13.2 Å². The molecule has 0 N–H and O–H groups in total. The Morgan fingerprint density at radius 3 is 1.51 bits per heavy atom. The third-order valence-corrected chi connectivity index (χ3v) is 5.92. The van der Waals surface area contributed by atoms with Gasteiger partial charge in [-0.05, 0) is 19.3 Å². The summed E-state index contributed by atoms with van der Waals surface area (Å²) in [4.78, 5) is 23.7. The Kier molecular flexibility index (Phi) is 26.5. The summed E-state index contributed by atoms with van der Waals surface area (Å²) in [6.45, 7) is 9.51. The number of carbonyl (C=O) groups excluding carboxylic acids is 2. The summed E-state index contributed by atoms with van der Waals surface area (Å²) in [5.74, 6) is -0.254. The van der Waals surface area contributed by atoms with Crippen molar-refractivity contribution in [2.75, 3.05) is 52.9 Å². The van der Waals surface area contributed by atoms with Gasteiger partial charge in [0.05, 0.1) is 45.6 Å². The summed E-state index contributed by atoms with van der Waals surface area (Å²) in [5.41, 5.74) is 0. The van der Waals surface area contributed by atoms with Crippen molar-refractivity contribution < 1.29 is 33.3 Å². The van der Waals surface area contributed by atoms with Gasteiger partial charge in [0.15, 0.2) is 0 Å². The Bertz CT molecular complexity index is 470. The molecule has 0 saturated carbocycles. The summed E-state index contributed by atoms with van der Waals surface area (Å²) in [5, 5.41) is 0. The Hall–Kier alpha value is -1.18. The van der Waals surface area contributed by atoms with Gasteiger partial charge in [-0.25, -0.2) is 0 Å². The molecule has 0 fully saturated rings. The quantitative estimate of drug-likeness (QED) is 0.0968. The zero-order valence-corrected chi connectivity index (χ0v) is 23.0. The number of unbranched alkanes of at least 4 members (excludes halogenated alkanes) is 9. The molecule has 0 radical (unpaired) electrons. The molecule has 7 nitrogen and oxygen atoms in total. The van der Waals surface area contributed by atoms with E-state index in [-0.39, 0.29) is 31.1 Å². The molecule has 0 aliphatic heterocycles. The first kappa shape index (κ1) is 33.8. The van der Waals surface area contributed by atoms with E-state index in [9.17, 15) is 9.59 Å². The number of carbonyl (C=O) groups is 2. The molecular weight excluding hydrogens is 448 g/mol. The second-order valence-corrected chi connectivity index (χ2v) is 9.05. The Balaban J connectivity index is 3.31. The first-order valence-electron chi connectivity index (χ1n) is 14.2. The van der Waals surface area contributed by atoms with Gasteiger partial charge in [-0.2, -0.15) is 0 Å². The monoisotopic (exact) mass is 502 g/mol. The van der Waals surface area contributed by atoms with Gasteiger partial charge in [0, 0.05) is 6.42 Å². The molecule has 0 amide bonds. The van der Waals surface area contributed by atoms with Crippen LogP contribution in [0.2, 0.25) is 0 Å². The van der Waals surface area contributed by atoms with Crippen LogP contribution in [0, 0.1) is 5.92 Å².